The number of halogens is 2. The van der Waals surface area contributed by atoms with Crippen molar-refractivity contribution in [2.24, 2.45) is 0 Å². The first kappa shape index (κ1) is 15.1. The van der Waals surface area contributed by atoms with Crippen molar-refractivity contribution in [2.75, 3.05) is 6.54 Å². The minimum absolute atomic E-state index is 0.0103. The third-order valence-corrected chi connectivity index (χ3v) is 4.23. The van der Waals surface area contributed by atoms with E-state index in [9.17, 15) is 13.6 Å². The van der Waals surface area contributed by atoms with Crippen molar-refractivity contribution >= 4 is 5.91 Å². The number of alkyl halides is 2. The maximum atomic E-state index is 12.5. The van der Waals surface area contributed by atoms with Gasteiger partial charge in [0.15, 0.2) is 11.5 Å². The van der Waals surface area contributed by atoms with Crippen molar-refractivity contribution in [1.29, 1.82) is 0 Å². The van der Waals surface area contributed by atoms with Gasteiger partial charge in [-0.1, -0.05) is 6.07 Å². The van der Waals surface area contributed by atoms with E-state index in [1.165, 1.54) is 6.07 Å². The first-order valence-electron chi connectivity index (χ1n) is 7.64. The Morgan fingerprint density at radius 3 is 2.59 bits per heavy atom. The zero-order chi connectivity index (χ0) is 15.5. The van der Waals surface area contributed by atoms with Gasteiger partial charge in [0.2, 0.25) is 5.91 Å². The second kappa shape index (κ2) is 6.50. The van der Waals surface area contributed by atoms with Gasteiger partial charge in [-0.05, 0) is 43.4 Å². The number of rotatable bonds is 5. The molecule has 1 aliphatic heterocycles. The van der Waals surface area contributed by atoms with Crippen LogP contribution < -0.4 is 14.8 Å². The largest absolute Gasteiger partial charge is 0.487 e. The summed E-state index contributed by atoms with van der Waals surface area (Å²) in [6, 6.07) is 4.97. The molecule has 0 spiro atoms. The van der Waals surface area contributed by atoms with Crippen molar-refractivity contribution in [3.8, 4) is 11.5 Å². The Kier molecular flexibility index (Phi) is 4.45. The van der Waals surface area contributed by atoms with Crippen molar-refractivity contribution < 1.29 is 23.0 Å². The second-order valence-electron chi connectivity index (χ2n) is 5.81. The summed E-state index contributed by atoms with van der Waals surface area (Å²) < 4.78 is 35.5. The highest BCUT2D eigenvalue weighted by Gasteiger charge is 2.25. The Hall–Kier alpha value is -1.85. The highest BCUT2D eigenvalue weighted by Crippen LogP contribution is 2.36. The van der Waals surface area contributed by atoms with Crippen LogP contribution in [-0.4, -0.2) is 25.2 Å². The van der Waals surface area contributed by atoms with Crippen LogP contribution in [0.25, 0.3) is 0 Å². The molecule has 120 valence electrons. The average molecular weight is 311 g/mol. The highest BCUT2D eigenvalue weighted by molar-refractivity contribution is 5.79. The highest BCUT2D eigenvalue weighted by atomic mass is 19.3. The number of carbonyl (C=O) groups is 1. The average Bonchev–Trinajstić information content (AvgIpc) is 3.12. The van der Waals surface area contributed by atoms with Crippen LogP contribution in [0.1, 0.15) is 43.6 Å². The molecule has 22 heavy (non-hydrogen) atoms. The van der Waals surface area contributed by atoms with Gasteiger partial charge in [0.25, 0.3) is 0 Å². The fourth-order valence-corrected chi connectivity index (χ4v) is 3.09. The lowest BCUT2D eigenvalue weighted by molar-refractivity contribution is -0.119. The van der Waals surface area contributed by atoms with Crippen LogP contribution in [0, 0.1) is 0 Å². The molecule has 4 nitrogen and oxygen atoms in total. The standard InChI is InChI=1S/C16H19F2NO3/c17-16(18)22-13-6-5-10(11-8-15(20)19-9-11)7-14(13)21-12-3-1-2-4-12/h5-7,11-12,16H,1-4,8-9H2,(H,19,20). The van der Waals surface area contributed by atoms with Gasteiger partial charge in [-0.3, -0.25) is 4.79 Å². The Labute approximate surface area is 127 Å². The van der Waals surface area contributed by atoms with Crippen molar-refractivity contribution in [3.05, 3.63) is 23.8 Å². The maximum Gasteiger partial charge on any atom is 0.387 e. The lowest BCUT2D eigenvalue weighted by atomic mass is 9.98. The summed E-state index contributed by atoms with van der Waals surface area (Å²) in [6.07, 6.45) is 4.52. The SMILES string of the molecule is O=C1CC(c2ccc(OC(F)F)c(OC3CCCC3)c2)CN1. The molecule has 1 amide bonds. The van der Waals surface area contributed by atoms with Crippen LogP contribution >= 0.6 is 0 Å². The van der Waals surface area contributed by atoms with Crippen LogP contribution in [-0.2, 0) is 4.79 Å². The quantitative estimate of drug-likeness (QED) is 0.908. The van der Waals surface area contributed by atoms with Crippen LogP contribution in [0.3, 0.4) is 0 Å². The zero-order valence-corrected chi connectivity index (χ0v) is 12.2. The van der Waals surface area contributed by atoms with Gasteiger partial charge in [0.05, 0.1) is 6.10 Å². The van der Waals surface area contributed by atoms with E-state index in [1.807, 2.05) is 0 Å². The molecule has 2 fully saturated rings. The molecule has 3 rings (SSSR count). The molecular formula is C16H19F2NO3. The summed E-state index contributed by atoms with van der Waals surface area (Å²) >= 11 is 0. The molecule has 1 N–H and O–H groups in total. The van der Waals surface area contributed by atoms with Gasteiger partial charge < -0.3 is 14.8 Å². The van der Waals surface area contributed by atoms with Crippen LogP contribution in [0.4, 0.5) is 8.78 Å². The molecule has 1 unspecified atom stereocenters. The van der Waals surface area contributed by atoms with Crippen LogP contribution in [0.15, 0.2) is 18.2 Å². The van der Waals surface area contributed by atoms with Gasteiger partial charge in [-0.25, -0.2) is 0 Å². The van der Waals surface area contributed by atoms with Gasteiger partial charge >= 0.3 is 6.61 Å². The zero-order valence-electron chi connectivity index (χ0n) is 12.2. The molecule has 1 aliphatic carbocycles. The number of carbonyl (C=O) groups excluding carboxylic acids is 1. The molecule has 1 saturated carbocycles. The summed E-state index contributed by atoms with van der Waals surface area (Å²) in [6.45, 7) is -2.32. The minimum Gasteiger partial charge on any atom is -0.487 e. The molecule has 6 heteroatoms. The van der Waals surface area contributed by atoms with Crippen molar-refractivity contribution in [2.45, 2.75) is 50.7 Å². The second-order valence-corrected chi connectivity index (χ2v) is 5.81. The van der Waals surface area contributed by atoms with E-state index >= 15 is 0 Å². The fraction of sp³-hybridized carbons (Fsp3) is 0.562. The third-order valence-electron chi connectivity index (χ3n) is 4.23. The normalized spacial score (nSPS) is 22.1. The summed E-state index contributed by atoms with van der Waals surface area (Å²) in [4.78, 5) is 11.3. The van der Waals surface area contributed by atoms with Crippen molar-refractivity contribution in [1.82, 2.24) is 5.32 Å². The molecular weight excluding hydrogens is 292 g/mol. The lowest BCUT2D eigenvalue weighted by Crippen LogP contribution is -2.14. The van der Waals surface area contributed by atoms with Gasteiger partial charge in [-0.15, -0.1) is 0 Å². The predicted molar refractivity (Wildman–Crippen MR) is 76.3 cm³/mol. The van der Waals surface area contributed by atoms with E-state index < -0.39 is 6.61 Å². The molecule has 0 aromatic heterocycles. The summed E-state index contributed by atoms with van der Waals surface area (Å²) in [5.41, 5.74) is 0.910. The topological polar surface area (TPSA) is 47.6 Å². The smallest absolute Gasteiger partial charge is 0.387 e. The molecule has 0 bridgehead atoms. The number of amides is 1. The van der Waals surface area contributed by atoms with E-state index in [-0.39, 0.29) is 23.7 Å². The van der Waals surface area contributed by atoms with E-state index in [0.29, 0.717) is 18.7 Å². The predicted octanol–water partition coefficient (Wildman–Crippen LogP) is 3.21. The van der Waals surface area contributed by atoms with E-state index in [0.717, 1.165) is 31.2 Å². The number of hydrogen-bond acceptors (Lipinski definition) is 3. The Morgan fingerprint density at radius 1 is 1.18 bits per heavy atom. The number of ether oxygens (including phenoxy) is 2. The van der Waals surface area contributed by atoms with Crippen LogP contribution in [0.5, 0.6) is 11.5 Å². The number of hydrogen-bond donors (Lipinski definition) is 1. The summed E-state index contributed by atoms with van der Waals surface area (Å²) in [5, 5.41) is 2.78. The van der Waals surface area contributed by atoms with E-state index in [4.69, 9.17) is 4.74 Å². The first-order chi connectivity index (χ1) is 10.6. The Balaban J connectivity index is 1.82. The Morgan fingerprint density at radius 2 is 1.95 bits per heavy atom. The molecule has 0 radical (unpaired) electrons. The minimum atomic E-state index is -2.88. The van der Waals surface area contributed by atoms with Crippen LogP contribution in [0.2, 0.25) is 0 Å². The number of nitrogens with one attached hydrogen (secondary N) is 1. The van der Waals surface area contributed by atoms with Gasteiger partial charge in [0, 0.05) is 18.9 Å². The molecule has 1 heterocycles. The number of benzene rings is 1. The van der Waals surface area contributed by atoms with E-state index in [1.54, 1.807) is 12.1 Å². The van der Waals surface area contributed by atoms with Gasteiger partial charge in [0.1, 0.15) is 0 Å². The summed E-state index contributed by atoms with van der Waals surface area (Å²) in [5.74, 6) is 0.474. The molecule has 1 saturated heterocycles. The molecule has 1 atom stereocenters. The van der Waals surface area contributed by atoms with E-state index in [2.05, 4.69) is 10.1 Å². The monoisotopic (exact) mass is 311 g/mol. The first-order valence-corrected chi connectivity index (χ1v) is 7.64. The molecule has 1 aromatic carbocycles. The molecule has 2 aliphatic rings. The molecule has 1 aromatic rings. The van der Waals surface area contributed by atoms with Crippen molar-refractivity contribution in [3.63, 3.8) is 0 Å². The fourth-order valence-electron chi connectivity index (χ4n) is 3.09. The third kappa shape index (κ3) is 3.48. The lowest BCUT2D eigenvalue weighted by Gasteiger charge is -2.19. The van der Waals surface area contributed by atoms with Gasteiger partial charge in [-0.2, -0.15) is 8.78 Å². The maximum absolute atomic E-state index is 12.5. The summed E-state index contributed by atoms with van der Waals surface area (Å²) in [7, 11) is 0. The Bertz CT molecular complexity index is 544.